The fraction of sp³-hybridized carbons (Fsp3) is 0.0536. The highest BCUT2D eigenvalue weighted by Gasteiger charge is 2.33. The van der Waals surface area contributed by atoms with Crippen molar-refractivity contribution in [2.75, 3.05) is 9.80 Å². The van der Waals surface area contributed by atoms with Gasteiger partial charge in [0.15, 0.2) is 0 Å². The van der Waals surface area contributed by atoms with Crippen molar-refractivity contribution in [2.24, 2.45) is 0 Å². The number of hydrogen-bond acceptors (Lipinski definition) is 4. The van der Waals surface area contributed by atoms with Crippen LogP contribution in [0.25, 0.3) is 76.9 Å². The number of aromatic nitrogens is 2. The van der Waals surface area contributed by atoms with Gasteiger partial charge in [-0.1, -0.05) is 104 Å². The Morgan fingerprint density at radius 2 is 0.935 bits per heavy atom. The van der Waals surface area contributed by atoms with Crippen LogP contribution < -0.4 is 15.2 Å². The van der Waals surface area contributed by atoms with Crippen LogP contribution in [0, 0.1) is 0 Å². The molecule has 12 rings (SSSR count). The molecule has 4 heterocycles. The summed E-state index contributed by atoms with van der Waals surface area (Å²) < 4.78 is 11.3. The van der Waals surface area contributed by atoms with E-state index >= 15 is 0 Å². The van der Waals surface area contributed by atoms with E-state index in [9.17, 15) is 4.79 Å². The second kappa shape index (κ2) is 14.0. The van der Waals surface area contributed by atoms with Gasteiger partial charge in [0.05, 0.1) is 61.3 Å². The van der Waals surface area contributed by atoms with Crippen LogP contribution in [0.5, 0.6) is 0 Å². The maximum Gasteiger partial charge on any atom is 0.200 e. The first-order valence-electron chi connectivity index (χ1n) is 21.2. The normalized spacial score (nSPS) is 13.1. The van der Waals surface area contributed by atoms with E-state index in [2.05, 4.69) is 191 Å². The standard InChI is InChI=1S/C56H40N4O2/c1-3-5-16-36(4-2)57-50-31-28-37(58-46-22-11-6-17-40(46)41-18-7-12-23-47(41)58)33-52(50)60(39-27-30-45-55(35-39)62-54-26-15-10-21-44(54)56(45)61)53-34-38(29-32-51(53)57)59-48-24-13-8-19-42(48)43-20-9-14-25-49(43)59/h4-35H,3H2,1-2H3/b16-5-,36-4+. The lowest BCUT2D eigenvalue weighted by molar-refractivity contribution is 0.660. The SMILES string of the molecule is C/C=C(\C=C/CC)N1c2ccc(-n3c4ccccc4c4ccccc43)cc2N(c2ccc3c(=O)c4ccccc4oc3c2)c2cc(-n3c4ccccc4c4ccccc43)ccc21. The predicted molar refractivity (Wildman–Crippen MR) is 259 cm³/mol. The summed E-state index contributed by atoms with van der Waals surface area (Å²) in [6.45, 7) is 4.27. The highest BCUT2D eigenvalue weighted by atomic mass is 16.3. The van der Waals surface area contributed by atoms with Crippen LogP contribution in [0.2, 0.25) is 0 Å². The van der Waals surface area contributed by atoms with Gasteiger partial charge in [-0.25, -0.2) is 0 Å². The molecule has 6 nitrogen and oxygen atoms in total. The van der Waals surface area contributed by atoms with Gasteiger partial charge in [-0.15, -0.1) is 0 Å². The molecule has 0 saturated heterocycles. The monoisotopic (exact) mass is 800 g/mol. The van der Waals surface area contributed by atoms with Crippen LogP contribution in [0.1, 0.15) is 20.3 Å². The summed E-state index contributed by atoms with van der Waals surface area (Å²) >= 11 is 0. The summed E-state index contributed by atoms with van der Waals surface area (Å²) in [5, 5.41) is 5.95. The lowest BCUT2D eigenvalue weighted by Gasteiger charge is -2.41. The Morgan fingerprint density at radius 3 is 1.44 bits per heavy atom. The highest BCUT2D eigenvalue weighted by Crippen LogP contribution is 2.55. The molecule has 0 N–H and O–H groups in total. The summed E-state index contributed by atoms with van der Waals surface area (Å²) in [5.41, 5.74) is 13.7. The van der Waals surface area contributed by atoms with Crippen LogP contribution in [0.15, 0.2) is 209 Å². The fourth-order valence-electron chi connectivity index (χ4n) is 9.72. The van der Waals surface area contributed by atoms with E-state index < -0.39 is 0 Å². The van der Waals surface area contributed by atoms with Gasteiger partial charge in [-0.05, 0) is 104 Å². The molecule has 0 fully saturated rings. The predicted octanol–water partition coefficient (Wildman–Crippen LogP) is 14.9. The van der Waals surface area contributed by atoms with Crippen LogP contribution >= 0.6 is 0 Å². The Labute approximate surface area is 357 Å². The van der Waals surface area contributed by atoms with E-state index in [1.165, 1.54) is 21.5 Å². The molecule has 296 valence electrons. The fourth-order valence-corrected chi connectivity index (χ4v) is 9.72. The molecule has 0 atom stereocenters. The second-order valence-corrected chi connectivity index (χ2v) is 15.9. The van der Waals surface area contributed by atoms with Crippen molar-refractivity contribution in [3.05, 3.63) is 210 Å². The molecular formula is C56H40N4O2. The molecule has 1 aliphatic heterocycles. The van der Waals surface area contributed by atoms with Crippen LogP contribution in [-0.4, -0.2) is 9.13 Å². The second-order valence-electron chi connectivity index (χ2n) is 15.9. The van der Waals surface area contributed by atoms with Crippen molar-refractivity contribution in [1.29, 1.82) is 0 Å². The molecule has 0 amide bonds. The first kappa shape index (κ1) is 35.8. The molecule has 0 aliphatic carbocycles. The largest absolute Gasteiger partial charge is 0.456 e. The number of hydrogen-bond donors (Lipinski definition) is 0. The summed E-state index contributed by atoms with van der Waals surface area (Å²) in [6, 6.07) is 61.6. The number of rotatable bonds is 6. The van der Waals surface area contributed by atoms with Crippen molar-refractivity contribution < 1.29 is 4.42 Å². The molecule has 3 aromatic heterocycles. The molecule has 0 saturated carbocycles. The van der Waals surface area contributed by atoms with E-state index in [1.807, 2.05) is 36.4 Å². The van der Waals surface area contributed by atoms with Crippen LogP contribution in [-0.2, 0) is 0 Å². The Hall–Kier alpha value is -8.09. The lowest BCUT2D eigenvalue weighted by Crippen LogP contribution is -2.27. The highest BCUT2D eigenvalue weighted by molar-refractivity contribution is 6.11. The van der Waals surface area contributed by atoms with Gasteiger partial charge in [-0.2, -0.15) is 0 Å². The molecular weight excluding hydrogens is 761 g/mol. The molecule has 11 aromatic rings. The number of allylic oxidation sites excluding steroid dienone is 3. The van der Waals surface area contributed by atoms with Gasteiger partial charge < -0.3 is 23.4 Å². The molecule has 0 radical (unpaired) electrons. The molecule has 0 unspecified atom stereocenters. The molecule has 0 bridgehead atoms. The van der Waals surface area contributed by atoms with E-state index in [4.69, 9.17) is 4.42 Å². The summed E-state index contributed by atoms with van der Waals surface area (Å²) in [5.74, 6) is 0. The van der Waals surface area contributed by atoms with Gasteiger partial charge in [-0.3, -0.25) is 4.79 Å². The third-order valence-corrected chi connectivity index (χ3v) is 12.5. The zero-order valence-corrected chi connectivity index (χ0v) is 34.3. The summed E-state index contributed by atoms with van der Waals surface area (Å²) in [4.78, 5) is 18.6. The minimum absolute atomic E-state index is 0.0400. The molecule has 62 heavy (non-hydrogen) atoms. The van der Waals surface area contributed by atoms with Crippen molar-refractivity contribution in [2.45, 2.75) is 20.3 Å². The van der Waals surface area contributed by atoms with Crippen molar-refractivity contribution in [3.8, 4) is 11.4 Å². The number of nitrogens with zero attached hydrogens (tertiary/aromatic N) is 4. The van der Waals surface area contributed by atoms with E-state index in [0.29, 0.717) is 21.9 Å². The van der Waals surface area contributed by atoms with Gasteiger partial charge in [0, 0.05) is 44.7 Å². The number of para-hydroxylation sites is 5. The maximum atomic E-state index is 13.9. The number of fused-ring (bicyclic) bond motifs is 10. The van der Waals surface area contributed by atoms with Crippen LogP contribution in [0.4, 0.5) is 28.4 Å². The van der Waals surface area contributed by atoms with Crippen LogP contribution in [0.3, 0.4) is 0 Å². The first-order valence-corrected chi connectivity index (χ1v) is 21.2. The quantitative estimate of drug-likeness (QED) is 0.124. The third-order valence-electron chi connectivity index (χ3n) is 12.5. The molecule has 8 aromatic carbocycles. The number of anilines is 5. The van der Waals surface area contributed by atoms with E-state index in [1.54, 1.807) is 0 Å². The average Bonchev–Trinajstić information content (AvgIpc) is 3.84. The molecule has 6 heteroatoms. The van der Waals surface area contributed by atoms with Crippen molar-refractivity contribution in [3.63, 3.8) is 0 Å². The van der Waals surface area contributed by atoms with Crippen molar-refractivity contribution in [1.82, 2.24) is 9.13 Å². The summed E-state index contributed by atoms with van der Waals surface area (Å²) in [7, 11) is 0. The minimum atomic E-state index is -0.0400. The molecule has 1 aliphatic rings. The van der Waals surface area contributed by atoms with Gasteiger partial charge in [0.2, 0.25) is 5.43 Å². The Kier molecular flexibility index (Phi) is 8.09. The van der Waals surface area contributed by atoms with Gasteiger partial charge in [0.1, 0.15) is 11.2 Å². The smallest absolute Gasteiger partial charge is 0.200 e. The Bertz CT molecular complexity index is 3480. The Balaban J connectivity index is 1.18. The van der Waals surface area contributed by atoms with Crippen molar-refractivity contribution >= 4 is 94.0 Å². The Morgan fingerprint density at radius 1 is 0.484 bits per heavy atom. The zero-order chi connectivity index (χ0) is 41.5. The van der Waals surface area contributed by atoms with E-state index in [-0.39, 0.29) is 5.43 Å². The summed E-state index contributed by atoms with van der Waals surface area (Å²) in [6.07, 6.45) is 7.54. The topological polar surface area (TPSA) is 46.6 Å². The maximum absolute atomic E-state index is 13.9. The van der Waals surface area contributed by atoms with E-state index in [0.717, 1.165) is 74.0 Å². The average molecular weight is 801 g/mol. The third kappa shape index (κ3) is 5.26. The minimum Gasteiger partial charge on any atom is -0.456 e. The van der Waals surface area contributed by atoms with Gasteiger partial charge >= 0.3 is 0 Å². The number of benzene rings is 8. The van der Waals surface area contributed by atoms with Gasteiger partial charge in [0.25, 0.3) is 0 Å². The molecule has 0 spiro atoms. The first-order chi connectivity index (χ1) is 30.6. The zero-order valence-electron chi connectivity index (χ0n) is 34.3. The lowest BCUT2D eigenvalue weighted by atomic mass is 10.0.